The Bertz CT molecular complexity index is 614. The minimum Gasteiger partial charge on any atom is -0.333 e. The van der Waals surface area contributed by atoms with Crippen molar-refractivity contribution in [3.63, 3.8) is 0 Å². The molecule has 1 heterocycles. The van der Waals surface area contributed by atoms with E-state index in [9.17, 15) is 9.59 Å². The molecule has 0 spiro atoms. The van der Waals surface area contributed by atoms with Gasteiger partial charge in [-0.05, 0) is 12.3 Å². The van der Waals surface area contributed by atoms with Gasteiger partial charge in [0.15, 0.2) is 0 Å². The van der Waals surface area contributed by atoms with Crippen molar-refractivity contribution < 1.29 is 9.59 Å². The molecule has 1 rings (SSSR count). The molecular weight excluding hydrogens is 340 g/mol. The molecule has 154 valence electrons. The standard InChI is InChI=1S/C21H38N4O2/c1-8-9-10-11-12-20(27)25(14-16(2)3)15-19(26)22-18-13-17(21(4,5)6)23-24(18)7/h13,16H,8-12,14-15H2,1-7H3,(H,22,26). The molecule has 0 saturated carbocycles. The summed E-state index contributed by atoms with van der Waals surface area (Å²) in [5, 5.41) is 7.38. The monoisotopic (exact) mass is 378 g/mol. The number of rotatable bonds is 10. The highest BCUT2D eigenvalue weighted by Crippen LogP contribution is 2.23. The zero-order valence-corrected chi connectivity index (χ0v) is 18.3. The molecule has 0 radical (unpaired) electrons. The van der Waals surface area contributed by atoms with Gasteiger partial charge in [-0.15, -0.1) is 0 Å². The molecule has 0 aliphatic rings. The average Bonchev–Trinajstić information content (AvgIpc) is 2.91. The molecule has 0 unspecified atom stereocenters. The van der Waals surface area contributed by atoms with Gasteiger partial charge in [0.1, 0.15) is 5.82 Å². The molecular formula is C21H38N4O2. The van der Waals surface area contributed by atoms with E-state index in [2.05, 4.69) is 52.0 Å². The van der Waals surface area contributed by atoms with Crippen molar-refractivity contribution in [3.05, 3.63) is 11.8 Å². The number of aryl methyl sites for hydroxylation is 1. The number of hydrogen-bond donors (Lipinski definition) is 1. The number of aromatic nitrogens is 2. The third kappa shape index (κ3) is 8.14. The zero-order chi connectivity index (χ0) is 20.6. The van der Waals surface area contributed by atoms with Gasteiger partial charge in [-0.1, -0.05) is 60.8 Å². The Morgan fingerprint density at radius 1 is 1.22 bits per heavy atom. The second-order valence-corrected chi connectivity index (χ2v) is 8.82. The molecule has 1 aromatic rings. The molecule has 6 nitrogen and oxygen atoms in total. The molecule has 2 amide bonds. The molecule has 0 aliphatic heterocycles. The van der Waals surface area contributed by atoms with E-state index in [0.29, 0.717) is 24.7 Å². The third-order valence-electron chi connectivity index (χ3n) is 4.43. The number of hydrogen-bond acceptors (Lipinski definition) is 3. The van der Waals surface area contributed by atoms with E-state index in [1.165, 1.54) is 0 Å². The smallest absolute Gasteiger partial charge is 0.245 e. The summed E-state index contributed by atoms with van der Waals surface area (Å²) in [7, 11) is 1.82. The van der Waals surface area contributed by atoms with Crippen LogP contribution in [0.25, 0.3) is 0 Å². The summed E-state index contributed by atoms with van der Waals surface area (Å²) in [5.74, 6) is 0.864. The lowest BCUT2D eigenvalue weighted by Gasteiger charge is -2.24. The molecule has 1 aromatic heterocycles. The molecule has 0 bridgehead atoms. The van der Waals surface area contributed by atoms with Gasteiger partial charge in [0.05, 0.1) is 12.2 Å². The number of carbonyl (C=O) groups is 2. The second-order valence-electron chi connectivity index (χ2n) is 8.82. The van der Waals surface area contributed by atoms with Crippen LogP contribution in [0.4, 0.5) is 5.82 Å². The van der Waals surface area contributed by atoms with Crippen molar-refractivity contribution in [3.8, 4) is 0 Å². The van der Waals surface area contributed by atoms with Gasteiger partial charge in [0, 0.05) is 31.5 Å². The number of nitrogens with zero attached hydrogens (tertiary/aromatic N) is 3. The maximum atomic E-state index is 12.6. The zero-order valence-electron chi connectivity index (χ0n) is 18.3. The van der Waals surface area contributed by atoms with Crippen molar-refractivity contribution in [2.75, 3.05) is 18.4 Å². The van der Waals surface area contributed by atoms with Crippen molar-refractivity contribution >= 4 is 17.6 Å². The summed E-state index contributed by atoms with van der Waals surface area (Å²) in [6.07, 6.45) is 4.76. The van der Waals surface area contributed by atoms with Gasteiger partial charge in [0.2, 0.25) is 11.8 Å². The van der Waals surface area contributed by atoms with E-state index >= 15 is 0 Å². The first kappa shape index (κ1) is 23.2. The van der Waals surface area contributed by atoms with Crippen LogP contribution in [0.15, 0.2) is 6.07 Å². The van der Waals surface area contributed by atoms with E-state index in [0.717, 1.165) is 31.4 Å². The van der Waals surface area contributed by atoms with Crippen LogP contribution in [-0.4, -0.2) is 39.6 Å². The van der Waals surface area contributed by atoms with E-state index in [-0.39, 0.29) is 23.8 Å². The van der Waals surface area contributed by atoms with Gasteiger partial charge >= 0.3 is 0 Å². The molecule has 6 heteroatoms. The average molecular weight is 379 g/mol. The Kier molecular flexibility index (Phi) is 9.00. The topological polar surface area (TPSA) is 67.2 Å². The first-order chi connectivity index (χ1) is 12.5. The minimum absolute atomic E-state index is 0.0651. The maximum absolute atomic E-state index is 12.6. The van der Waals surface area contributed by atoms with Gasteiger partial charge in [0.25, 0.3) is 0 Å². The minimum atomic E-state index is -0.180. The number of nitrogens with one attached hydrogen (secondary N) is 1. The van der Waals surface area contributed by atoms with E-state index in [1.807, 2.05) is 13.1 Å². The van der Waals surface area contributed by atoms with Crippen LogP contribution in [-0.2, 0) is 22.1 Å². The van der Waals surface area contributed by atoms with Gasteiger partial charge in [-0.2, -0.15) is 5.10 Å². The molecule has 0 atom stereocenters. The highest BCUT2D eigenvalue weighted by Gasteiger charge is 2.21. The summed E-state index contributed by atoms with van der Waals surface area (Å²) in [5.41, 5.74) is 0.838. The summed E-state index contributed by atoms with van der Waals surface area (Å²) < 4.78 is 1.68. The lowest BCUT2D eigenvalue weighted by atomic mass is 9.92. The quantitative estimate of drug-likeness (QED) is 0.623. The molecule has 1 N–H and O–H groups in total. The van der Waals surface area contributed by atoms with Crippen LogP contribution in [0.2, 0.25) is 0 Å². The third-order valence-corrected chi connectivity index (χ3v) is 4.43. The molecule has 27 heavy (non-hydrogen) atoms. The Morgan fingerprint density at radius 3 is 2.41 bits per heavy atom. The largest absolute Gasteiger partial charge is 0.333 e. The second kappa shape index (κ2) is 10.5. The van der Waals surface area contributed by atoms with E-state index in [4.69, 9.17) is 0 Å². The lowest BCUT2D eigenvalue weighted by Crippen LogP contribution is -2.40. The summed E-state index contributed by atoms with van der Waals surface area (Å²) >= 11 is 0. The number of anilines is 1. The highest BCUT2D eigenvalue weighted by molar-refractivity contribution is 5.94. The Labute approximate surface area is 164 Å². The fourth-order valence-electron chi connectivity index (χ4n) is 2.86. The van der Waals surface area contributed by atoms with Crippen LogP contribution in [0.5, 0.6) is 0 Å². The van der Waals surface area contributed by atoms with Crippen LogP contribution in [0.3, 0.4) is 0 Å². The lowest BCUT2D eigenvalue weighted by molar-refractivity contribution is -0.135. The van der Waals surface area contributed by atoms with Crippen molar-refractivity contribution in [2.45, 2.75) is 79.1 Å². The van der Waals surface area contributed by atoms with E-state index in [1.54, 1.807) is 9.58 Å². The Morgan fingerprint density at radius 2 is 1.89 bits per heavy atom. The summed E-state index contributed by atoms with van der Waals surface area (Å²) in [6, 6.07) is 1.90. The van der Waals surface area contributed by atoms with Crippen LogP contribution < -0.4 is 5.32 Å². The van der Waals surface area contributed by atoms with Crippen LogP contribution in [0.1, 0.15) is 79.3 Å². The Hall–Kier alpha value is -1.85. The highest BCUT2D eigenvalue weighted by atomic mass is 16.2. The van der Waals surface area contributed by atoms with Crippen molar-refractivity contribution in [2.24, 2.45) is 13.0 Å². The number of carbonyl (C=O) groups excluding carboxylic acids is 2. The molecule has 0 aromatic carbocycles. The predicted molar refractivity (Wildman–Crippen MR) is 111 cm³/mol. The SMILES string of the molecule is CCCCCCC(=O)N(CC(=O)Nc1cc(C(C)(C)C)nn1C)CC(C)C. The van der Waals surface area contributed by atoms with E-state index < -0.39 is 0 Å². The van der Waals surface area contributed by atoms with Crippen LogP contribution >= 0.6 is 0 Å². The fraction of sp³-hybridized carbons (Fsp3) is 0.762. The van der Waals surface area contributed by atoms with Gasteiger partial charge < -0.3 is 10.2 Å². The van der Waals surface area contributed by atoms with Gasteiger partial charge in [-0.3, -0.25) is 14.3 Å². The molecule has 0 fully saturated rings. The number of amides is 2. The fourth-order valence-corrected chi connectivity index (χ4v) is 2.86. The van der Waals surface area contributed by atoms with Crippen LogP contribution in [0, 0.1) is 5.92 Å². The first-order valence-corrected chi connectivity index (χ1v) is 10.2. The summed E-state index contributed by atoms with van der Waals surface area (Å²) in [6.45, 7) is 13.2. The normalized spacial score (nSPS) is 11.7. The Balaban J connectivity index is 2.71. The summed E-state index contributed by atoms with van der Waals surface area (Å²) in [4.78, 5) is 26.8. The van der Waals surface area contributed by atoms with Crippen molar-refractivity contribution in [1.29, 1.82) is 0 Å². The molecule has 0 saturated heterocycles. The molecule has 0 aliphatic carbocycles. The predicted octanol–water partition coefficient (Wildman–Crippen LogP) is 4.11. The van der Waals surface area contributed by atoms with Gasteiger partial charge in [-0.25, -0.2) is 0 Å². The maximum Gasteiger partial charge on any atom is 0.245 e. The van der Waals surface area contributed by atoms with Crippen molar-refractivity contribution in [1.82, 2.24) is 14.7 Å². The number of unbranched alkanes of at least 4 members (excludes halogenated alkanes) is 3. The first-order valence-electron chi connectivity index (χ1n) is 10.2.